The van der Waals surface area contributed by atoms with Crippen LogP contribution in [0.25, 0.3) is 0 Å². The molecule has 1 fully saturated rings. The maximum absolute atomic E-state index is 11.1. The molecule has 0 aromatic rings. The van der Waals surface area contributed by atoms with E-state index in [-0.39, 0.29) is 9.86 Å². The van der Waals surface area contributed by atoms with Gasteiger partial charge in [0.15, 0.2) is 0 Å². The molecule has 0 N–H and O–H groups in total. The summed E-state index contributed by atoms with van der Waals surface area (Å²) in [4.78, 5) is 11.1. The summed E-state index contributed by atoms with van der Waals surface area (Å²) in [5, 5.41) is 0.153. The Bertz CT molecular complexity index is 180. The highest BCUT2D eigenvalue weighted by molar-refractivity contribution is 8.15. The van der Waals surface area contributed by atoms with Crippen molar-refractivity contribution in [1.29, 1.82) is 0 Å². The Morgan fingerprint density at radius 3 is 2.40 bits per heavy atom. The Kier molecular flexibility index (Phi) is 1.90. The Labute approximate surface area is 65.9 Å². The maximum atomic E-state index is 11.1. The Balaban J connectivity index is 2.39. The molecule has 56 valence electrons. The molecule has 1 aliphatic carbocycles. The molecule has 1 nitrogen and oxygen atoms in total. The van der Waals surface area contributed by atoms with Gasteiger partial charge in [-0.05, 0) is 32.3 Å². The molecular formula is C8H12OS. The van der Waals surface area contributed by atoms with E-state index in [1.54, 1.807) is 6.92 Å². The van der Waals surface area contributed by atoms with Crippen molar-refractivity contribution in [3.8, 4) is 0 Å². The summed E-state index contributed by atoms with van der Waals surface area (Å²) in [5.41, 5.74) is 0.665. The van der Waals surface area contributed by atoms with E-state index in [0.29, 0.717) is 5.57 Å². The topological polar surface area (TPSA) is 17.1 Å². The van der Waals surface area contributed by atoms with Crippen LogP contribution in [0.5, 0.6) is 0 Å². The lowest BCUT2D eigenvalue weighted by Gasteiger charge is -2.04. The van der Waals surface area contributed by atoms with Gasteiger partial charge in [0.25, 0.3) is 0 Å². The van der Waals surface area contributed by atoms with Crippen LogP contribution in [-0.4, -0.2) is 9.86 Å². The molecule has 0 saturated heterocycles. The summed E-state index contributed by atoms with van der Waals surface area (Å²) in [5.74, 6) is 0. The minimum Gasteiger partial charge on any atom is -0.282 e. The first-order valence-corrected chi connectivity index (χ1v) is 4.24. The third kappa shape index (κ3) is 1.87. The summed E-state index contributed by atoms with van der Waals surface area (Å²) < 4.78 is 0.260. The van der Waals surface area contributed by atoms with Gasteiger partial charge in [-0.1, -0.05) is 18.3 Å². The molecule has 2 heteroatoms. The van der Waals surface area contributed by atoms with Crippen molar-refractivity contribution in [2.75, 3.05) is 0 Å². The molecule has 0 bridgehead atoms. The highest BCUT2D eigenvalue weighted by Crippen LogP contribution is 2.48. The van der Waals surface area contributed by atoms with Crippen LogP contribution in [-0.2, 0) is 4.79 Å². The highest BCUT2D eigenvalue weighted by Gasteiger charge is 2.40. The van der Waals surface area contributed by atoms with Gasteiger partial charge in [0.2, 0.25) is 5.12 Å². The normalized spacial score (nSPS) is 20.2. The molecule has 0 unspecified atom stereocenters. The van der Waals surface area contributed by atoms with Crippen LogP contribution in [0.4, 0.5) is 0 Å². The van der Waals surface area contributed by atoms with Gasteiger partial charge in [-0.25, -0.2) is 0 Å². The van der Waals surface area contributed by atoms with E-state index < -0.39 is 0 Å². The van der Waals surface area contributed by atoms with Crippen LogP contribution in [0, 0.1) is 0 Å². The highest BCUT2D eigenvalue weighted by atomic mass is 32.2. The van der Waals surface area contributed by atoms with Crippen molar-refractivity contribution in [3.05, 3.63) is 12.2 Å². The molecule has 1 aliphatic rings. The molecule has 0 heterocycles. The van der Waals surface area contributed by atoms with Gasteiger partial charge in [0.1, 0.15) is 0 Å². The Morgan fingerprint density at radius 2 is 2.10 bits per heavy atom. The molecule has 10 heavy (non-hydrogen) atoms. The zero-order valence-electron chi connectivity index (χ0n) is 6.44. The van der Waals surface area contributed by atoms with E-state index in [9.17, 15) is 4.79 Å². The molecule has 1 rings (SSSR count). The van der Waals surface area contributed by atoms with E-state index in [1.165, 1.54) is 24.6 Å². The lowest BCUT2D eigenvalue weighted by molar-refractivity contribution is -0.107. The van der Waals surface area contributed by atoms with Gasteiger partial charge in [-0.3, -0.25) is 4.79 Å². The number of hydrogen-bond acceptors (Lipinski definition) is 2. The predicted octanol–water partition coefficient (Wildman–Crippen LogP) is 2.37. The Morgan fingerprint density at radius 1 is 1.60 bits per heavy atom. The van der Waals surface area contributed by atoms with Gasteiger partial charge in [-0.2, -0.15) is 0 Å². The van der Waals surface area contributed by atoms with Gasteiger partial charge in [-0.15, -0.1) is 0 Å². The van der Waals surface area contributed by atoms with Gasteiger partial charge >= 0.3 is 0 Å². The minimum absolute atomic E-state index is 0.153. The largest absolute Gasteiger partial charge is 0.282 e. The van der Waals surface area contributed by atoms with Crippen LogP contribution < -0.4 is 0 Å². The average Bonchev–Trinajstić information content (AvgIpc) is 2.47. The zero-order chi connectivity index (χ0) is 7.78. The smallest absolute Gasteiger partial charge is 0.214 e. The van der Waals surface area contributed by atoms with Crippen molar-refractivity contribution < 1.29 is 4.79 Å². The zero-order valence-corrected chi connectivity index (χ0v) is 7.25. The number of thioether (sulfide) groups is 1. The summed E-state index contributed by atoms with van der Waals surface area (Å²) in [7, 11) is 0. The molecule has 0 atom stereocenters. The third-order valence-corrected chi connectivity index (χ3v) is 3.08. The molecule has 0 radical (unpaired) electrons. The molecule has 0 aromatic heterocycles. The molecular weight excluding hydrogens is 144 g/mol. The van der Waals surface area contributed by atoms with Crippen LogP contribution in [0.2, 0.25) is 0 Å². The summed E-state index contributed by atoms with van der Waals surface area (Å²) in [6.45, 7) is 7.49. The first kappa shape index (κ1) is 7.86. The van der Waals surface area contributed by atoms with Gasteiger partial charge in [0.05, 0.1) is 0 Å². The number of carbonyl (C=O) groups is 1. The monoisotopic (exact) mass is 156 g/mol. The van der Waals surface area contributed by atoms with Gasteiger partial charge < -0.3 is 0 Å². The molecule has 1 saturated carbocycles. The van der Waals surface area contributed by atoms with E-state index in [1.807, 2.05) is 0 Å². The van der Waals surface area contributed by atoms with Crippen LogP contribution in [0.1, 0.15) is 26.7 Å². The second-order valence-electron chi connectivity index (χ2n) is 3.12. The quantitative estimate of drug-likeness (QED) is 0.571. The second-order valence-corrected chi connectivity index (χ2v) is 4.68. The first-order chi connectivity index (χ1) is 4.53. The van der Waals surface area contributed by atoms with Crippen molar-refractivity contribution in [2.24, 2.45) is 0 Å². The molecule has 0 amide bonds. The number of carbonyl (C=O) groups excluding carboxylic acids is 1. The SMILES string of the molecule is C=C(C)C(=O)SC1(C)CC1. The van der Waals surface area contributed by atoms with Gasteiger partial charge in [0, 0.05) is 4.75 Å². The summed E-state index contributed by atoms with van der Waals surface area (Å²) in [6, 6.07) is 0. The minimum atomic E-state index is 0.153. The van der Waals surface area contributed by atoms with Crippen LogP contribution in [0.15, 0.2) is 12.2 Å². The lowest BCUT2D eigenvalue weighted by atomic mass is 10.4. The van der Waals surface area contributed by atoms with E-state index in [0.717, 1.165) is 0 Å². The molecule has 0 aliphatic heterocycles. The fourth-order valence-corrected chi connectivity index (χ4v) is 1.52. The summed E-state index contributed by atoms with van der Waals surface area (Å²) >= 11 is 1.44. The molecule has 0 aromatic carbocycles. The number of hydrogen-bond donors (Lipinski definition) is 0. The average molecular weight is 156 g/mol. The molecule has 0 spiro atoms. The van der Waals surface area contributed by atoms with Crippen molar-refractivity contribution in [2.45, 2.75) is 31.4 Å². The maximum Gasteiger partial charge on any atom is 0.214 e. The van der Waals surface area contributed by atoms with E-state index >= 15 is 0 Å². The van der Waals surface area contributed by atoms with Crippen molar-refractivity contribution in [3.63, 3.8) is 0 Å². The standard InChI is InChI=1S/C8H12OS/c1-6(2)7(9)10-8(3)4-5-8/h1,4-5H2,2-3H3. The first-order valence-electron chi connectivity index (χ1n) is 3.42. The Hall–Kier alpha value is -0.240. The predicted molar refractivity (Wildman–Crippen MR) is 45.1 cm³/mol. The number of rotatable bonds is 2. The summed E-state index contributed by atoms with van der Waals surface area (Å²) in [6.07, 6.45) is 2.35. The second kappa shape index (κ2) is 2.42. The lowest BCUT2D eigenvalue weighted by Crippen LogP contribution is -2.01. The van der Waals surface area contributed by atoms with Crippen molar-refractivity contribution >= 4 is 16.9 Å². The van der Waals surface area contributed by atoms with Crippen LogP contribution in [0.3, 0.4) is 0 Å². The van der Waals surface area contributed by atoms with Crippen LogP contribution >= 0.6 is 11.8 Å². The fraction of sp³-hybridized carbons (Fsp3) is 0.625. The van der Waals surface area contributed by atoms with E-state index in [2.05, 4.69) is 13.5 Å². The van der Waals surface area contributed by atoms with Crippen molar-refractivity contribution in [1.82, 2.24) is 0 Å². The van der Waals surface area contributed by atoms with E-state index in [4.69, 9.17) is 0 Å². The fourth-order valence-electron chi connectivity index (χ4n) is 0.589. The third-order valence-electron chi connectivity index (χ3n) is 1.64.